The number of amides is 1. The Morgan fingerprint density at radius 2 is 0.600 bits per heavy atom. The molecule has 0 spiro atoms. The smallest absolute Gasteiger partial charge is 0.220 e. The van der Waals surface area contributed by atoms with Crippen LogP contribution in [-0.4, -0.2) is 34.9 Å². The molecule has 75 heavy (non-hydrogen) atoms. The summed E-state index contributed by atoms with van der Waals surface area (Å²) in [5.74, 6) is -0.0731. The zero-order chi connectivity index (χ0) is 54.1. The Morgan fingerprint density at radius 1 is 0.333 bits per heavy atom. The molecule has 2 atom stereocenters. The van der Waals surface area contributed by atoms with Gasteiger partial charge >= 0.3 is 0 Å². The van der Waals surface area contributed by atoms with Gasteiger partial charge in [0.05, 0.1) is 18.8 Å². The van der Waals surface area contributed by atoms with Crippen LogP contribution in [0, 0.1) is 0 Å². The maximum atomic E-state index is 12.5. The molecule has 0 saturated heterocycles. The number of unbranched alkanes of at least 4 members (excludes halogenated alkanes) is 42. The van der Waals surface area contributed by atoms with Crippen molar-refractivity contribution in [3.63, 3.8) is 0 Å². The van der Waals surface area contributed by atoms with Crippen LogP contribution in [0.3, 0.4) is 0 Å². The van der Waals surface area contributed by atoms with Gasteiger partial charge in [-0.3, -0.25) is 4.79 Å². The molecule has 0 radical (unpaired) electrons. The number of hydrogen-bond acceptors (Lipinski definition) is 3. The van der Waals surface area contributed by atoms with Crippen molar-refractivity contribution >= 4 is 5.91 Å². The summed E-state index contributed by atoms with van der Waals surface area (Å²) < 4.78 is 0. The molecule has 0 aliphatic heterocycles. The molecule has 4 heteroatoms. The molecule has 0 aromatic carbocycles. The summed E-state index contributed by atoms with van der Waals surface area (Å²) in [6, 6.07) is -0.648. The van der Waals surface area contributed by atoms with Gasteiger partial charge in [0.1, 0.15) is 0 Å². The fourth-order valence-corrected chi connectivity index (χ4v) is 10.1. The average Bonchev–Trinajstić information content (AvgIpc) is 3.41. The molecule has 0 heterocycles. The Balaban J connectivity index is 3.45. The van der Waals surface area contributed by atoms with E-state index in [0.29, 0.717) is 6.42 Å². The Hall–Kier alpha value is -2.43. The van der Waals surface area contributed by atoms with Crippen LogP contribution in [0.25, 0.3) is 0 Å². The molecular formula is C71H129NO3. The second-order valence-electron chi connectivity index (χ2n) is 22.5. The first-order valence-electron chi connectivity index (χ1n) is 33.3. The number of hydrogen-bond donors (Lipinski definition) is 3. The van der Waals surface area contributed by atoms with Gasteiger partial charge < -0.3 is 15.5 Å². The average molecular weight is 1040 g/mol. The van der Waals surface area contributed by atoms with Gasteiger partial charge in [-0.15, -0.1) is 0 Å². The highest BCUT2D eigenvalue weighted by Gasteiger charge is 2.18. The highest BCUT2D eigenvalue weighted by molar-refractivity contribution is 5.76. The zero-order valence-corrected chi connectivity index (χ0v) is 50.3. The maximum absolute atomic E-state index is 12.5. The number of aliphatic hydroxyl groups excluding tert-OH is 2. The molecular weight excluding hydrogens is 915 g/mol. The van der Waals surface area contributed by atoms with Crippen LogP contribution < -0.4 is 5.32 Å². The third-order valence-corrected chi connectivity index (χ3v) is 15.1. The molecule has 0 aliphatic carbocycles. The summed E-state index contributed by atoms with van der Waals surface area (Å²) in [7, 11) is 0. The van der Waals surface area contributed by atoms with Gasteiger partial charge in [0, 0.05) is 6.42 Å². The first-order chi connectivity index (χ1) is 37.2. The number of rotatable bonds is 61. The second-order valence-corrected chi connectivity index (χ2v) is 22.5. The van der Waals surface area contributed by atoms with Crippen molar-refractivity contribution < 1.29 is 15.0 Å². The lowest BCUT2D eigenvalue weighted by atomic mass is 10.0. The third kappa shape index (κ3) is 62.3. The lowest BCUT2D eigenvalue weighted by Gasteiger charge is -2.19. The Bertz CT molecular complexity index is 1320. The van der Waals surface area contributed by atoms with Crippen molar-refractivity contribution in [2.45, 2.75) is 353 Å². The van der Waals surface area contributed by atoms with E-state index in [1.165, 1.54) is 257 Å². The lowest BCUT2D eigenvalue weighted by Crippen LogP contribution is -2.45. The maximum Gasteiger partial charge on any atom is 0.220 e. The molecule has 436 valence electrons. The van der Waals surface area contributed by atoms with Crippen molar-refractivity contribution in [3.05, 3.63) is 85.1 Å². The van der Waals surface area contributed by atoms with Crippen LogP contribution >= 0.6 is 0 Å². The van der Waals surface area contributed by atoms with E-state index in [-0.39, 0.29) is 12.5 Å². The van der Waals surface area contributed by atoms with E-state index in [4.69, 9.17) is 0 Å². The molecule has 1 amide bonds. The second kappa shape index (κ2) is 65.9. The number of nitrogens with one attached hydrogen (secondary N) is 1. The van der Waals surface area contributed by atoms with Crippen molar-refractivity contribution in [2.75, 3.05) is 6.61 Å². The minimum absolute atomic E-state index is 0.0731. The number of carbonyl (C=O) groups is 1. The molecule has 2 unspecified atom stereocenters. The van der Waals surface area contributed by atoms with Crippen molar-refractivity contribution in [1.29, 1.82) is 0 Å². The van der Waals surface area contributed by atoms with E-state index < -0.39 is 12.1 Å². The minimum atomic E-state index is -0.872. The zero-order valence-electron chi connectivity index (χ0n) is 50.3. The molecule has 0 rings (SSSR count). The van der Waals surface area contributed by atoms with Gasteiger partial charge in [0.15, 0.2) is 0 Å². The van der Waals surface area contributed by atoms with Crippen LogP contribution in [-0.2, 0) is 4.79 Å². The van der Waals surface area contributed by atoms with Crippen LogP contribution in [0.5, 0.6) is 0 Å². The first-order valence-corrected chi connectivity index (χ1v) is 33.3. The monoisotopic (exact) mass is 1040 g/mol. The Labute approximate surface area is 469 Å². The van der Waals surface area contributed by atoms with E-state index in [1.54, 1.807) is 6.08 Å². The molecule has 0 saturated carbocycles. The molecule has 0 aliphatic rings. The van der Waals surface area contributed by atoms with Crippen LogP contribution in [0.2, 0.25) is 0 Å². The molecule has 0 bridgehead atoms. The third-order valence-electron chi connectivity index (χ3n) is 15.1. The fraction of sp³-hybridized carbons (Fsp3) is 0.789. The number of carbonyl (C=O) groups excluding carboxylic acids is 1. The summed E-state index contributed by atoms with van der Waals surface area (Å²) >= 11 is 0. The van der Waals surface area contributed by atoms with Gasteiger partial charge in [-0.05, 0) is 83.5 Å². The van der Waals surface area contributed by atoms with E-state index >= 15 is 0 Å². The van der Waals surface area contributed by atoms with Crippen molar-refractivity contribution in [2.24, 2.45) is 0 Å². The Kier molecular flexibility index (Phi) is 63.7. The normalized spacial score (nSPS) is 13.3. The molecule has 4 nitrogen and oxygen atoms in total. The highest BCUT2D eigenvalue weighted by Crippen LogP contribution is 2.18. The molecule has 0 fully saturated rings. The fourth-order valence-electron chi connectivity index (χ4n) is 10.1. The van der Waals surface area contributed by atoms with Crippen LogP contribution in [0.15, 0.2) is 85.1 Å². The topological polar surface area (TPSA) is 69.6 Å². The van der Waals surface area contributed by atoms with Crippen molar-refractivity contribution in [3.8, 4) is 0 Å². The summed E-state index contributed by atoms with van der Waals surface area (Å²) in [6.07, 6.45) is 96.6. The molecule has 3 N–H and O–H groups in total. The van der Waals surface area contributed by atoms with Gasteiger partial charge in [0.2, 0.25) is 5.91 Å². The van der Waals surface area contributed by atoms with E-state index in [1.807, 2.05) is 6.08 Å². The van der Waals surface area contributed by atoms with Gasteiger partial charge in [-0.25, -0.2) is 0 Å². The number of allylic oxidation sites excluding steroid dienone is 13. The van der Waals surface area contributed by atoms with Gasteiger partial charge in [-0.2, -0.15) is 0 Å². The highest BCUT2D eigenvalue weighted by atomic mass is 16.3. The first kappa shape index (κ1) is 72.6. The summed E-state index contributed by atoms with van der Waals surface area (Å²) in [5.41, 5.74) is 0. The van der Waals surface area contributed by atoms with Gasteiger partial charge in [-0.1, -0.05) is 336 Å². The summed E-state index contributed by atoms with van der Waals surface area (Å²) in [6.45, 7) is 4.21. The predicted octanol–water partition coefficient (Wildman–Crippen LogP) is 22.7. The van der Waals surface area contributed by atoms with Crippen molar-refractivity contribution in [1.82, 2.24) is 5.32 Å². The van der Waals surface area contributed by atoms with E-state index in [2.05, 4.69) is 92.1 Å². The quantitative estimate of drug-likeness (QED) is 0.0420. The minimum Gasteiger partial charge on any atom is -0.394 e. The van der Waals surface area contributed by atoms with E-state index in [0.717, 1.165) is 64.2 Å². The summed E-state index contributed by atoms with van der Waals surface area (Å²) in [4.78, 5) is 12.5. The largest absolute Gasteiger partial charge is 0.394 e. The van der Waals surface area contributed by atoms with Crippen LogP contribution in [0.4, 0.5) is 0 Å². The standard InChI is InChI=1S/C71H129NO3/c1-3-5-7-9-11-13-15-17-19-21-23-25-27-28-29-30-31-32-33-34-35-36-37-38-39-40-41-42-43-44-45-47-49-51-53-55-57-59-61-63-65-67-71(75)72-69(68-73)70(74)66-64-62-60-58-56-54-52-50-48-46-26-24-22-20-18-16-14-12-10-8-6-4-2/h5,7,11,13,17,19,23,25,48,50,56,58,64,66,69-70,73-74H,3-4,6,8-10,12,14-16,18,20-22,24,26-47,49,51-55,57,59-63,65,67-68H2,1-2H3,(H,72,75)/b7-5-,13-11-,19-17-,25-23-,50-48+,58-56+,66-64+. The Morgan fingerprint density at radius 3 is 0.933 bits per heavy atom. The SMILES string of the molecule is CC/C=C\C/C=C\C/C=C\C/C=C\CCCCCCCCCCCCCCCCCCCCCCCCCCCCCCC(=O)NC(CO)C(O)/C=C/CC/C=C/CC/C=C/CCCCCCCCCCCCCC. The van der Waals surface area contributed by atoms with E-state index in [9.17, 15) is 15.0 Å². The van der Waals surface area contributed by atoms with Gasteiger partial charge in [0.25, 0.3) is 0 Å². The molecule has 0 aromatic heterocycles. The lowest BCUT2D eigenvalue weighted by molar-refractivity contribution is -0.123. The predicted molar refractivity (Wildman–Crippen MR) is 336 cm³/mol. The molecule has 0 aromatic rings. The number of aliphatic hydroxyl groups is 2. The van der Waals surface area contributed by atoms with Crippen LogP contribution in [0.1, 0.15) is 341 Å². The summed E-state index contributed by atoms with van der Waals surface area (Å²) in [5, 5.41) is 23.2.